The Morgan fingerprint density at radius 1 is 1.29 bits per heavy atom. The van der Waals surface area contributed by atoms with Crippen LogP contribution in [-0.4, -0.2) is 22.3 Å². The first-order valence-corrected chi connectivity index (χ1v) is 10.0. The van der Waals surface area contributed by atoms with E-state index in [4.69, 9.17) is 9.47 Å². The van der Waals surface area contributed by atoms with E-state index in [2.05, 4.69) is 60.5 Å². The van der Waals surface area contributed by atoms with Crippen LogP contribution >= 0.6 is 0 Å². The molecule has 28 heavy (non-hydrogen) atoms. The maximum Gasteiger partial charge on any atom is 0.128 e. The Labute approximate surface area is 166 Å². The van der Waals surface area contributed by atoms with Gasteiger partial charge in [0, 0.05) is 35.6 Å². The number of quaternary nitrogens is 1. The number of benzene rings is 2. The van der Waals surface area contributed by atoms with Gasteiger partial charge in [0.05, 0.1) is 18.5 Å². The standard InChI is InChI=1S/C23H27N3O2/c1-4-27-22-12-19-11-16(2)28-23(19)13-20(22)14-25-17(3)18-5-7-21(8-6-18)26-10-9-24-15-26/h5-10,12-13,15-17,25H,4,11,14H2,1-3H3/p+1/t16-,17+/m1/s1. The molecule has 1 aliphatic rings. The molecule has 1 aliphatic heterocycles. The van der Waals surface area contributed by atoms with Crippen molar-refractivity contribution in [3.8, 4) is 17.2 Å². The summed E-state index contributed by atoms with van der Waals surface area (Å²) in [7, 11) is 0. The highest BCUT2D eigenvalue weighted by molar-refractivity contribution is 5.48. The molecule has 3 aromatic rings. The van der Waals surface area contributed by atoms with Gasteiger partial charge in [0.1, 0.15) is 30.2 Å². The molecule has 0 bridgehead atoms. The molecule has 2 heterocycles. The maximum absolute atomic E-state index is 5.94. The second-order valence-corrected chi connectivity index (χ2v) is 7.42. The van der Waals surface area contributed by atoms with Crippen LogP contribution in [-0.2, 0) is 13.0 Å². The molecule has 5 heteroatoms. The molecule has 2 aromatic carbocycles. The lowest BCUT2D eigenvalue weighted by Gasteiger charge is -2.15. The molecule has 0 amide bonds. The third-order valence-electron chi connectivity index (χ3n) is 5.29. The van der Waals surface area contributed by atoms with Gasteiger partial charge in [-0.05, 0) is 45.0 Å². The predicted molar refractivity (Wildman–Crippen MR) is 109 cm³/mol. The highest BCUT2D eigenvalue weighted by atomic mass is 16.5. The number of hydrogen-bond donors (Lipinski definition) is 1. The van der Waals surface area contributed by atoms with Crippen LogP contribution < -0.4 is 14.8 Å². The van der Waals surface area contributed by atoms with Crippen LogP contribution in [0.2, 0.25) is 0 Å². The van der Waals surface area contributed by atoms with Gasteiger partial charge in [-0.15, -0.1) is 0 Å². The quantitative estimate of drug-likeness (QED) is 0.685. The summed E-state index contributed by atoms with van der Waals surface area (Å²) in [5.41, 5.74) is 4.87. The highest BCUT2D eigenvalue weighted by Crippen LogP contribution is 2.34. The van der Waals surface area contributed by atoms with Crippen molar-refractivity contribution in [3.63, 3.8) is 0 Å². The summed E-state index contributed by atoms with van der Waals surface area (Å²) >= 11 is 0. The average Bonchev–Trinajstić information content (AvgIpc) is 3.35. The normalized spacial score (nSPS) is 16.5. The fourth-order valence-electron chi connectivity index (χ4n) is 3.73. The van der Waals surface area contributed by atoms with Crippen molar-refractivity contribution >= 4 is 0 Å². The Morgan fingerprint density at radius 2 is 2.11 bits per heavy atom. The molecule has 2 N–H and O–H groups in total. The van der Waals surface area contributed by atoms with Crippen molar-refractivity contribution in [1.82, 2.24) is 9.55 Å². The minimum atomic E-state index is 0.247. The van der Waals surface area contributed by atoms with Crippen LogP contribution in [0.5, 0.6) is 11.5 Å². The van der Waals surface area contributed by atoms with Crippen LogP contribution in [0, 0.1) is 0 Å². The van der Waals surface area contributed by atoms with Crippen molar-refractivity contribution in [2.24, 2.45) is 0 Å². The van der Waals surface area contributed by atoms with Gasteiger partial charge in [-0.2, -0.15) is 0 Å². The molecule has 0 unspecified atom stereocenters. The van der Waals surface area contributed by atoms with Gasteiger partial charge >= 0.3 is 0 Å². The molecule has 1 aromatic heterocycles. The zero-order chi connectivity index (χ0) is 19.5. The van der Waals surface area contributed by atoms with E-state index in [1.807, 2.05) is 24.0 Å². The second kappa shape index (κ2) is 8.07. The molecule has 146 valence electrons. The average molecular weight is 378 g/mol. The summed E-state index contributed by atoms with van der Waals surface area (Å²) in [4.78, 5) is 4.11. The van der Waals surface area contributed by atoms with E-state index in [0.29, 0.717) is 12.6 Å². The van der Waals surface area contributed by atoms with Crippen molar-refractivity contribution in [1.29, 1.82) is 0 Å². The second-order valence-electron chi connectivity index (χ2n) is 7.42. The first-order chi connectivity index (χ1) is 13.6. The van der Waals surface area contributed by atoms with Crippen molar-refractivity contribution in [3.05, 3.63) is 71.8 Å². The Balaban J connectivity index is 1.46. The van der Waals surface area contributed by atoms with Crippen molar-refractivity contribution < 1.29 is 14.8 Å². The molecule has 0 radical (unpaired) electrons. The Kier molecular flexibility index (Phi) is 5.35. The number of nitrogens with two attached hydrogens (primary N) is 1. The monoisotopic (exact) mass is 378 g/mol. The Hall–Kier alpha value is -2.79. The van der Waals surface area contributed by atoms with Gasteiger partial charge in [-0.25, -0.2) is 4.98 Å². The van der Waals surface area contributed by atoms with Crippen LogP contribution in [0.3, 0.4) is 0 Å². The number of fused-ring (bicyclic) bond motifs is 1. The van der Waals surface area contributed by atoms with Crippen LogP contribution in [0.25, 0.3) is 5.69 Å². The number of aromatic nitrogens is 2. The molecule has 0 saturated carbocycles. The van der Waals surface area contributed by atoms with Gasteiger partial charge in [-0.3, -0.25) is 0 Å². The predicted octanol–water partition coefficient (Wildman–Crippen LogP) is 3.42. The zero-order valence-corrected chi connectivity index (χ0v) is 16.8. The van der Waals surface area contributed by atoms with Gasteiger partial charge in [0.2, 0.25) is 0 Å². The minimum absolute atomic E-state index is 0.247. The van der Waals surface area contributed by atoms with E-state index in [-0.39, 0.29) is 6.10 Å². The molecular formula is C23H28N3O2+. The molecule has 0 spiro atoms. The lowest BCUT2D eigenvalue weighted by atomic mass is 10.0. The number of imidazole rings is 1. The fraction of sp³-hybridized carbons (Fsp3) is 0.348. The first kappa shape index (κ1) is 18.6. The zero-order valence-electron chi connectivity index (χ0n) is 16.8. The summed E-state index contributed by atoms with van der Waals surface area (Å²) in [6.45, 7) is 7.91. The SMILES string of the molecule is CCOc1cc2c(cc1C[NH2+][C@@H](C)c1ccc(-n3ccnc3)cc1)O[C@H](C)C2. The number of nitrogens with zero attached hydrogens (tertiary/aromatic N) is 2. The first-order valence-electron chi connectivity index (χ1n) is 10.0. The maximum atomic E-state index is 5.94. The Bertz CT molecular complexity index is 920. The highest BCUT2D eigenvalue weighted by Gasteiger charge is 2.22. The largest absolute Gasteiger partial charge is 0.493 e. The minimum Gasteiger partial charge on any atom is -0.493 e. The van der Waals surface area contributed by atoms with Crippen molar-refractivity contribution in [2.75, 3.05) is 6.61 Å². The summed E-state index contributed by atoms with van der Waals surface area (Å²) in [6.07, 6.45) is 6.77. The van der Waals surface area contributed by atoms with Crippen LogP contribution in [0.4, 0.5) is 0 Å². The lowest BCUT2D eigenvalue weighted by molar-refractivity contribution is -0.708. The van der Waals surface area contributed by atoms with Gasteiger partial charge in [-0.1, -0.05) is 12.1 Å². The van der Waals surface area contributed by atoms with E-state index >= 15 is 0 Å². The molecule has 5 nitrogen and oxygen atoms in total. The molecular weight excluding hydrogens is 350 g/mol. The summed E-state index contributed by atoms with van der Waals surface area (Å²) in [5.74, 6) is 1.99. The van der Waals surface area contributed by atoms with Crippen molar-refractivity contribution in [2.45, 2.75) is 45.9 Å². The third-order valence-corrected chi connectivity index (χ3v) is 5.29. The molecule has 4 rings (SSSR count). The number of hydrogen-bond acceptors (Lipinski definition) is 3. The number of rotatable bonds is 7. The molecule has 2 atom stereocenters. The van der Waals surface area contributed by atoms with Crippen LogP contribution in [0.15, 0.2) is 55.1 Å². The molecule has 0 saturated heterocycles. The van der Waals surface area contributed by atoms with Gasteiger partial charge < -0.3 is 19.4 Å². The van der Waals surface area contributed by atoms with Crippen LogP contribution in [0.1, 0.15) is 43.5 Å². The summed E-state index contributed by atoms with van der Waals surface area (Å²) in [5, 5.41) is 2.34. The molecule has 0 fully saturated rings. The number of ether oxygens (including phenoxy) is 2. The summed E-state index contributed by atoms with van der Waals surface area (Å²) in [6, 6.07) is 13.3. The van der Waals surface area contributed by atoms with E-state index in [9.17, 15) is 0 Å². The third kappa shape index (κ3) is 3.90. The Morgan fingerprint density at radius 3 is 2.82 bits per heavy atom. The topological polar surface area (TPSA) is 52.9 Å². The van der Waals surface area contributed by atoms with Gasteiger partial charge in [0.15, 0.2) is 0 Å². The lowest BCUT2D eigenvalue weighted by Crippen LogP contribution is -2.83. The van der Waals surface area contributed by atoms with E-state index in [0.717, 1.165) is 30.2 Å². The van der Waals surface area contributed by atoms with E-state index < -0.39 is 0 Å². The smallest absolute Gasteiger partial charge is 0.128 e. The summed E-state index contributed by atoms with van der Waals surface area (Å²) < 4.78 is 13.9. The fourth-order valence-corrected chi connectivity index (χ4v) is 3.73. The van der Waals surface area contributed by atoms with E-state index in [1.165, 1.54) is 16.7 Å². The molecule has 0 aliphatic carbocycles. The van der Waals surface area contributed by atoms with E-state index in [1.54, 1.807) is 6.20 Å². The van der Waals surface area contributed by atoms with Gasteiger partial charge in [0.25, 0.3) is 0 Å².